The first-order valence-corrected chi connectivity index (χ1v) is 6.86. The van der Waals surface area contributed by atoms with Crippen molar-refractivity contribution in [3.05, 3.63) is 48.0 Å². The number of ether oxygens (including phenoxy) is 1. The van der Waals surface area contributed by atoms with Crippen molar-refractivity contribution in [3.8, 4) is 11.3 Å². The Kier molecular flexibility index (Phi) is 4.93. The minimum atomic E-state index is -0.936. The molecule has 0 saturated heterocycles. The molecule has 1 amide bonds. The Morgan fingerprint density at radius 1 is 1.27 bits per heavy atom. The van der Waals surface area contributed by atoms with Gasteiger partial charge in [0.1, 0.15) is 11.6 Å². The number of likely N-dealkylation sites (N-methyl/N-ethyl adjacent to an activating group) is 1. The van der Waals surface area contributed by atoms with E-state index < -0.39 is 23.8 Å². The second-order valence-corrected chi connectivity index (χ2v) is 4.59. The molecule has 0 radical (unpaired) electrons. The van der Waals surface area contributed by atoms with Gasteiger partial charge in [0.25, 0.3) is 5.91 Å². The summed E-state index contributed by atoms with van der Waals surface area (Å²) in [5.74, 6) is -1.49. The standard InChI is InChI=1S/C16H16FNO4/c1-3-18-15(19)10(2)21-16(20)14-9-8-13(22-14)11-6-4-5-7-12(11)17/h4-10H,3H2,1-2H3,(H,18,19)/t10-/m0/s1. The number of amides is 1. The Morgan fingerprint density at radius 3 is 2.68 bits per heavy atom. The topological polar surface area (TPSA) is 68.5 Å². The number of furan rings is 1. The van der Waals surface area contributed by atoms with E-state index in [9.17, 15) is 14.0 Å². The van der Waals surface area contributed by atoms with Crippen LogP contribution in [0, 0.1) is 5.82 Å². The summed E-state index contributed by atoms with van der Waals surface area (Å²) in [6, 6.07) is 8.93. The van der Waals surface area contributed by atoms with Crippen LogP contribution in [0.25, 0.3) is 11.3 Å². The molecule has 2 aromatic rings. The van der Waals surface area contributed by atoms with Crippen LogP contribution in [-0.2, 0) is 9.53 Å². The van der Waals surface area contributed by atoms with Gasteiger partial charge in [-0.15, -0.1) is 0 Å². The lowest BCUT2D eigenvalue weighted by atomic mass is 10.1. The summed E-state index contributed by atoms with van der Waals surface area (Å²) in [5.41, 5.74) is 0.248. The van der Waals surface area contributed by atoms with Gasteiger partial charge < -0.3 is 14.5 Å². The van der Waals surface area contributed by atoms with Gasteiger partial charge in [0.2, 0.25) is 5.76 Å². The lowest BCUT2D eigenvalue weighted by molar-refractivity contribution is -0.129. The third-order valence-electron chi connectivity index (χ3n) is 2.95. The van der Waals surface area contributed by atoms with Crippen LogP contribution in [-0.4, -0.2) is 24.5 Å². The molecule has 0 saturated carbocycles. The van der Waals surface area contributed by atoms with E-state index in [1.54, 1.807) is 25.1 Å². The molecule has 5 nitrogen and oxygen atoms in total. The minimum Gasteiger partial charge on any atom is -0.449 e. The molecule has 1 aromatic carbocycles. The van der Waals surface area contributed by atoms with Crippen LogP contribution >= 0.6 is 0 Å². The van der Waals surface area contributed by atoms with Gasteiger partial charge in [0, 0.05) is 6.54 Å². The Hall–Kier alpha value is -2.63. The normalized spacial score (nSPS) is 11.8. The number of hydrogen-bond acceptors (Lipinski definition) is 4. The summed E-state index contributed by atoms with van der Waals surface area (Å²) in [5, 5.41) is 2.54. The largest absolute Gasteiger partial charge is 0.449 e. The van der Waals surface area contributed by atoms with Crippen molar-refractivity contribution in [3.63, 3.8) is 0 Å². The number of halogens is 1. The lowest BCUT2D eigenvalue weighted by Gasteiger charge is -2.11. The van der Waals surface area contributed by atoms with E-state index in [1.807, 2.05) is 0 Å². The molecular weight excluding hydrogens is 289 g/mol. The van der Waals surface area contributed by atoms with Gasteiger partial charge in [-0.05, 0) is 38.1 Å². The minimum absolute atomic E-state index is 0.0885. The first kappa shape index (κ1) is 15.8. The molecule has 0 unspecified atom stereocenters. The third kappa shape index (κ3) is 3.52. The number of esters is 1. The van der Waals surface area contributed by atoms with E-state index in [1.165, 1.54) is 25.1 Å². The van der Waals surface area contributed by atoms with Gasteiger partial charge >= 0.3 is 5.97 Å². The zero-order valence-corrected chi connectivity index (χ0v) is 12.3. The van der Waals surface area contributed by atoms with Crippen molar-refractivity contribution in [2.75, 3.05) is 6.54 Å². The van der Waals surface area contributed by atoms with Crippen LogP contribution in [0.5, 0.6) is 0 Å². The second kappa shape index (κ2) is 6.89. The zero-order chi connectivity index (χ0) is 16.1. The first-order chi connectivity index (χ1) is 10.5. The molecule has 1 heterocycles. The van der Waals surface area contributed by atoms with Crippen LogP contribution in [0.3, 0.4) is 0 Å². The highest BCUT2D eigenvalue weighted by Crippen LogP contribution is 2.25. The summed E-state index contributed by atoms with van der Waals surface area (Å²) in [6.07, 6.45) is -0.936. The van der Waals surface area contributed by atoms with Gasteiger partial charge in [-0.25, -0.2) is 9.18 Å². The molecule has 2 rings (SSSR count). The quantitative estimate of drug-likeness (QED) is 0.862. The highest BCUT2D eigenvalue weighted by molar-refractivity contribution is 5.90. The Labute approximate surface area is 127 Å². The summed E-state index contributed by atoms with van der Waals surface area (Å²) in [7, 11) is 0. The van der Waals surface area contributed by atoms with Gasteiger partial charge in [-0.1, -0.05) is 12.1 Å². The van der Waals surface area contributed by atoms with Gasteiger partial charge in [-0.3, -0.25) is 4.79 Å². The maximum absolute atomic E-state index is 13.7. The average Bonchev–Trinajstić information content (AvgIpc) is 2.97. The number of benzene rings is 1. The van der Waals surface area contributed by atoms with Crippen molar-refractivity contribution in [2.45, 2.75) is 20.0 Å². The summed E-state index contributed by atoms with van der Waals surface area (Å²) < 4.78 is 24.0. The molecule has 0 fully saturated rings. The van der Waals surface area contributed by atoms with E-state index in [2.05, 4.69) is 5.32 Å². The van der Waals surface area contributed by atoms with Crippen molar-refractivity contribution >= 4 is 11.9 Å². The fraction of sp³-hybridized carbons (Fsp3) is 0.250. The fourth-order valence-corrected chi connectivity index (χ4v) is 1.84. The SMILES string of the molecule is CCNC(=O)[C@H](C)OC(=O)c1ccc(-c2ccccc2F)o1. The maximum Gasteiger partial charge on any atom is 0.375 e. The molecule has 1 atom stereocenters. The van der Waals surface area contributed by atoms with Gasteiger partial charge in [0.05, 0.1) is 5.56 Å². The van der Waals surface area contributed by atoms with E-state index in [0.717, 1.165) is 0 Å². The molecule has 0 spiro atoms. The van der Waals surface area contributed by atoms with Crippen molar-refractivity contribution < 1.29 is 23.1 Å². The summed E-state index contributed by atoms with van der Waals surface area (Å²) in [4.78, 5) is 23.4. The highest BCUT2D eigenvalue weighted by atomic mass is 19.1. The number of hydrogen-bond donors (Lipinski definition) is 1. The van der Waals surface area contributed by atoms with Crippen molar-refractivity contribution in [2.24, 2.45) is 0 Å². The Balaban J connectivity index is 2.10. The smallest absolute Gasteiger partial charge is 0.375 e. The fourth-order valence-electron chi connectivity index (χ4n) is 1.84. The molecule has 0 aliphatic rings. The lowest BCUT2D eigenvalue weighted by Crippen LogP contribution is -2.35. The van der Waals surface area contributed by atoms with E-state index in [4.69, 9.17) is 9.15 Å². The van der Waals surface area contributed by atoms with Crippen LogP contribution in [0.15, 0.2) is 40.8 Å². The Morgan fingerprint density at radius 2 is 2.00 bits per heavy atom. The Bertz CT molecular complexity index is 680. The predicted octanol–water partition coefficient (Wildman–Crippen LogP) is 2.77. The van der Waals surface area contributed by atoms with Crippen LogP contribution in [0.4, 0.5) is 4.39 Å². The molecule has 116 valence electrons. The predicted molar refractivity (Wildman–Crippen MR) is 77.7 cm³/mol. The number of rotatable bonds is 5. The van der Waals surface area contributed by atoms with E-state index in [0.29, 0.717) is 6.54 Å². The molecule has 1 N–H and O–H groups in total. The van der Waals surface area contributed by atoms with Crippen LogP contribution in [0.1, 0.15) is 24.4 Å². The summed E-state index contributed by atoms with van der Waals surface area (Å²) in [6.45, 7) is 3.67. The van der Waals surface area contributed by atoms with Gasteiger partial charge in [-0.2, -0.15) is 0 Å². The van der Waals surface area contributed by atoms with E-state index >= 15 is 0 Å². The number of carbonyl (C=O) groups excluding carboxylic acids is 2. The van der Waals surface area contributed by atoms with E-state index in [-0.39, 0.29) is 17.1 Å². The summed E-state index contributed by atoms with van der Waals surface area (Å²) >= 11 is 0. The third-order valence-corrected chi connectivity index (χ3v) is 2.95. The van der Waals surface area contributed by atoms with Crippen LogP contribution < -0.4 is 5.32 Å². The molecular formula is C16H16FNO4. The van der Waals surface area contributed by atoms with Crippen LogP contribution in [0.2, 0.25) is 0 Å². The monoisotopic (exact) mass is 305 g/mol. The second-order valence-electron chi connectivity index (χ2n) is 4.59. The molecule has 22 heavy (non-hydrogen) atoms. The average molecular weight is 305 g/mol. The molecule has 6 heteroatoms. The molecule has 0 aliphatic carbocycles. The molecule has 0 bridgehead atoms. The first-order valence-electron chi connectivity index (χ1n) is 6.86. The zero-order valence-electron chi connectivity index (χ0n) is 12.3. The highest BCUT2D eigenvalue weighted by Gasteiger charge is 2.21. The number of carbonyl (C=O) groups is 2. The molecule has 1 aromatic heterocycles. The number of nitrogens with one attached hydrogen (secondary N) is 1. The molecule has 0 aliphatic heterocycles. The maximum atomic E-state index is 13.7. The van der Waals surface area contributed by atoms with Crippen molar-refractivity contribution in [1.82, 2.24) is 5.32 Å². The van der Waals surface area contributed by atoms with Gasteiger partial charge in [0.15, 0.2) is 6.10 Å². The van der Waals surface area contributed by atoms with Crippen molar-refractivity contribution in [1.29, 1.82) is 0 Å².